The van der Waals surface area contributed by atoms with Crippen LogP contribution in [0.15, 0.2) is 22.7 Å². The van der Waals surface area contributed by atoms with Gasteiger partial charge in [-0.15, -0.1) is 0 Å². The Morgan fingerprint density at radius 2 is 1.89 bits per heavy atom. The molecule has 2 rings (SSSR count). The molecule has 1 unspecified atom stereocenters. The van der Waals surface area contributed by atoms with Crippen molar-refractivity contribution in [3.63, 3.8) is 0 Å². The van der Waals surface area contributed by atoms with Crippen LogP contribution in [0.3, 0.4) is 0 Å². The second-order valence-electron chi connectivity index (χ2n) is 5.19. The smallest absolute Gasteiger partial charge is 0.0551 e. The van der Waals surface area contributed by atoms with E-state index in [9.17, 15) is 0 Å². The van der Waals surface area contributed by atoms with Crippen molar-refractivity contribution >= 4 is 27.5 Å². The summed E-state index contributed by atoms with van der Waals surface area (Å²) >= 11 is 9.67. The maximum Gasteiger partial charge on any atom is 0.0551 e. The lowest BCUT2D eigenvalue weighted by molar-refractivity contribution is 0.341. The molecule has 3 heteroatoms. The Kier molecular flexibility index (Phi) is 5.53. The van der Waals surface area contributed by atoms with Crippen LogP contribution in [0.4, 0.5) is 0 Å². The van der Waals surface area contributed by atoms with E-state index in [0.29, 0.717) is 6.04 Å². The molecule has 1 fully saturated rings. The van der Waals surface area contributed by atoms with Gasteiger partial charge >= 0.3 is 0 Å². The molecule has 1 aliphatic rings. The number of rotatable bonds is 3. The zero-order valence-corrected chi connectivity index (χ0v) is 13.2. The van der Waals surface area contributed by atoms with E-state index in [0.717, 1.165) is 15.4 Å². The molecule has 1 aliphatic carbocycles. The number of benzene rings is 1. The fourth-order valence-electron chi connectivity index (χ4n) is 3.02. The van der Waals surface area contributed by atoms with Crippen LogP contribution in [0.2, 0.25) is 5.02 Å². The molecule has 0 saturated heterocycles. The Morgan fingerprint density at radius 3 is 2.44 bits per heavy atom. The van der Waals surface area contributed by atoms with E-state index in [1.54, 1.807) is 0 Å². The summed E-state index contributed by atoms with van der Waals surface area (Å²) in [5.41, 5.74) is 1.32. The molecule has 0 radical (unpaired) electrons. The molecule has 0 aromatic heterocycles. The fourth-order valence-corrected chi connectivity index (χ4v) is 3.46. The summed E-state index contributed by atoms with van der Waals surface area (Å²) in [6, 6.07) is 6.77. The molecule has 0 bridgehead atoms. The number of nitrogens with one attached hydrogen (secondary N) is 1. The van der Waals surface area contributed by atoms with Crippen LogP contribution in [0.1, 0.15) is 50.1 Å². The lowest BCUT2D eigenvalue weighted by Crippen LogP contribution is -2.25. The van der Waals surface area contributed by atoms with Crippen molar-refractivity contribution in [1.82, 2.24) is 5.32 Å². The van der Waals surface area contributed by atoms with Crippen LogP contribution in [-0.2, 0) is 0 Å². The van der Waals surface area contributed by atoms with Gasteiger partial charge in [0, 0.05) is 10.5 Å². The van der Waals surface area contributed by atoms with Crippen LogP contribution in [0, 0.1) is 5.92 Å². The highest BCUT2D eigenvalue weighted by molar-refractivity contribution is 9.10. The van der Waals surface area contributed by atoms with Crippen LogP contribution < -0.4 is 5.32 Å². The Balaban J connectivity index is 2.17. The van der Waals surface area contributed by atoms with E-state index in [1.807, 2.05) is 0 Å². The van der Waals surface area contributed by atoms with Crippen LogP contribution in [0.25, 0.3) is 0 Å². The molecule has 0 spiro atoms. The molecule has 1 N–H and O–H groups in total. The number of hydrogen-bond donors (Lipinski definition) is 1. The first-order valence-electron chi connectivity index (χ1n) is 6.84. The van der Waals surface area contributed by atoms with Crippen molar-refractivity contribution in [2.75, 3.05) is 7.05 Å². The van der Waals surface area contributed by atoms with Gasteiger partial charge in [0.05, 0.1) is 5.02 Å². The van der Waals surface area contributed by atoms with Gasteiger partial charge < -0.3 is 5.32 Å². The normalized spacial score (nSPS) is 19.5. The third kappa shape index (κ3) is 3.49. The zero-order chi connectivity index (χ0) is 13.0. The minimum absolute atomic E-state index is 0.439. The maximum atomic E-state index is 6.21. The van der Waals surface area contributed by atoms with E-state index in [1.165, 1.54) is 44.1 Å². The highest BCUT2D eigenvalue weighted by Crippen LogP contribution is 2.35. The summed E-state index contributed by atoms with van der Waals surface area (Å²) in [6.07, 6.45) is 8.20. The van der Waals surface area contributed by atoms with E-state index in [4.69, 9.17) is 11.6 Å². The van der Waals surface area contributed by atoms with Gasteiger partial charge in [0.15, 0.2) is 0 Å². The Hall–Kier alpha value is -0.0500. The standard InChI is InChI=1S/C15H21BrClN/c1-18-15(11-6-4-2-3-5-7-11)12-8-9-13(16)14(17)10-12/h8-11,15,18H,2-7H2,1H3. The third-order valence-electron chi connectivity index (χ3n) is 3.99. The predicted octanol–water partition coefficient (Wildman–Crippen LogP) is 5.33. The Morgan fingerprint density at radius 1 is 1.22 bits per heavy atom. The molecular formula is C15H21BrClN. The molecule has 1 aromatic carbocycles. The summed E-state index contributed by atoms with van der Waals surface area (Å²) in [6.45, 7) is 0. The van der Waals surface area contributed by atoms with Gasteiger partial charge in [0.1, 0.15) is 0 Å². The van der Waals surface area contributed by atoms with Gasteiger partial charge in [-0.2, -0.15) is 0 Å². The highest BCUT2D eigenvalue weighted by Gasteiger charge is 2.23. The predicted molar refractivity (Wildman–Crippen MR) is 82.1 cm³/mol. The highest BCUT2D eigenvalue weighted by atomic mass is 79.9. The molecule has 1 aromatic rings. The van der Waals surface area contributed by atoms with Crippen molar-refractivity contribution in [1.29, 1.82) is 0 Å². The average molecular weight is 331 g/mol. The maximum absolute atomic E-state index is 6.21. The van der Waals surface area contributed by atoms with Crippen LogP contribution in [0.5, 0.6) is 0 Å². The lowest BCUT2D eigenvalue weighted by atomic mass is 9.87. The van der Waals surface area contributed by atoms with Gasteiger partial charge in [-0.25, -0.2) is 0 Å². The third-order valence-corrected chi connectivity index (χ3v) is 5.22. The van der Waals surface area contributed by atoms with E-state index in [-0.39, 0.29) is 0 Å². The van der Waals surface area contributed by atoms with Crippen molar-refractivity contribution in [2.45, 2.75) is 44.6 Å². The van der Waals surface area contributed by atoms with Crippen molar-refractivity contribution in [3.05, 3.63) is 33.3 Å². The fraction of sp³-hybridized carbons (Fsp3) is 0.600. The van der Waals surface area contributed by atoms with E-state index in [2.05, 4.69) is 46.5 Å². The van der Waals surface area contributed by atoms with Crippen molar-refractivity contribution in [3.8, 4) is 0 Å². The summed E-state index contributed by atoms with van der Waals surface area (Å²) in [5.74, 6) is 0.745. The Bertz CT molecular complexity index is 386. The summed E-state index contributed by atoms with van der Waals surface area (Å²) in [4.78, 5) is 0. The van der Waals surface area contributed by atoms with Gasteiger partial charge in [0.2, 0.25) is 0 Å². The first kappa shape index (κ1) is 14.4. The van der Waals surface area contributed by atoms with Crippen LogP contribution in [-0.4, -0.2) is 7.05 Å². The first-order valence-corrected chi connectivity index (χ1v) is 8.01. The first-order chi connectivity index (χ1) is 8.72. The number of hydrogen-bond acceptors (Lipinski definition) is 1. The van der Waals surface area contributed by atoms with Gasteiger partial charge in [-0.3, -0.25) is 0 Å². The molecular weight excluding hydrogens is 310 g/mol. The minimum Gasteiger partial charge on any atom is -0.313 e. The molecule has 1 saturated carbocycles. The molecule has 0 aliphatic heterocycles. The van der Waals surface area contributed by atoms with Crippen LogP contribution >= 0.6 is 27.5 Å². The van der Waals surface area contributed by atoms with E-state index >= 15 is 0 Å². The summed E-state index contributed by atoms with van der Waals surface area (Å²) in [5, 5.41) is 4.30. The van der Waals surface area contributed by atoms with Gasteiger partial charge in [0.25, 0.3) is 0 Å². The van der Waals surface area contributed by atoms with Gasteiger partial charge in [-0.1, -0.05) is 43.4 Å². The second kappa shape index (κ2) is 6.93. The molecule has 1 atom stereocenters. The molecule has 0 heterocycles. The molecule has 1 nitrogen and oxygen atoms in total. The SMILES string of the molecule is CNC(c1ccc(Br)c(Cl)c1)C1CCCCCC1. The molecule has 0 amide bonds. The summed E-state index contributed by atoms with van der Waals surface area (Å²) < 4.78 is 0.976. The Labute approximate surface area is 123 Å². The van der Waals surface area contributed by atoms with Crippen molar-refractivity contribution in [2.24, 2.45) is 5.92 Å². The van der Waals surface area contributed by atoms with Crippen molar-refractivity contribution < 1.29 is 0 Å². The zero-order valence-electron chi connectivity index (χ0n) is 10.9. The molecule has 100 valence electrons. The lowest BCUT2D eigenvalue weighted by Gasteiger charge is -2.26. The second-order valence-corrected chi connectivity index (χ2v) is 6.45. The van der Waals surface area contributed by atoms with Gasteiger partial charge in [-0.05, 0) is 59.4 Å². The largest absolute Gasteiger partial charge is 0.313 e. The minimum atomic E-state index is 0.439. The summed E-state index contributed by atoms with van der Waals surface area (Å²) in [7, 11) is 2.06. The quantitative estimate of drug-likeness (QED) is 0.738. The van der Waals surface area contributed by atoms with E-state index < -0.39 is 0 Å². The topological polar surface area (TPSA) is 12.0 Å². The average Bonchev–Trinajstić information content (AvgIpc) is 2.64. The monoisotopic (exact) mass is 329 g/mol. The number of halogens is 2. The molecule has 18 heavy (non-hydrogen) atoms.